The molecule has 0 bridgehead atoms. The van der Waals surface area contributed by atoms with E-state index in [1.807, 2.05) is 0 Å². The first-order valence-corrected chi connectivity index (χ1v) is 8.89. The van der Waals surface area contributed by atoms with Gasteiger partial charge < -0.3 is 10.2 Å². The van der Waals surface area contributed by atoms with Crippen LogP contribution in [-0.4, -0.2) is 46.1 Å². The molecular weight excluding hydrogens is 452 g/mol. The topological polar surface area (TPSA) is 40.5 Å². The molecule has 0 spiro atoms. The van der Waals surface area contributed by atoms with E-state index in [2.05, 4.69) is 0 Å². The van der Waals surface area contributed by atoms with E-state index in [-0.39, 0.29) is 12.8 Å². The minimum Gasteiger partial charge on any atom is -0.373 e. The summed E-state index contributed by atoms with van der Waals surface area (Å²) >= 11 is 0. The summed E-state index contributed by atoms with van der Waals surface area (Å²) in [5.74, 6) is -6.74. The van der Waals surface area contributed by atoms with Crippen LogP contribution in [0, 0.1) is 23.7 Å². The second-order valence-electron chi connectivity index (χ2n) is 8.06. The number of hydrogen-bond donors (Lipinski definition) is 2. The van der Waals surface area contributed by atoms with E-state index in [0.717, 1.165) is 0 Å². The molecule has 0 aromatic heterocycles. The number of alkyl halides is 12. The van der Waals surface area contributed by atoms with Crippen molar-refractivity contribution < 1.29 is 62.9 Å². The zero-order chi connectivity index (χ0) is 23.6. The molecule has 0 aromatic rings. The first kappa shape index (κ1) is 25.3. The van der Waals surface area contributed by atoms with Gasteiger partial charge in [0.1, 0.15) is 0 Å². The van der Waals surface area contributed by atoms with Crippen molar-refractivity contribution in [1.29, 1.82) is 0 Å². The molecule has 2 nitrogen and oxygen atoms in total. The second kappa shape index (κ2) is 7.31. The monoisotopic (exact) mass is 470 g/mol. The quantitative estimate of drug-likeness (QED) is 0.533. The minimum atomic E-state index is -6.06. The number of aliphatic hydroxyl groups is 2. The lowest BCUT2D eigenvalue weighted by Crippen LogP contribution is -2.61. The van der Waals surface area contributed by atoms with E-state index >= 15 is 0 Å². The Kier molecular flexibility index (Phi) is 6.17. The standard InChI is InChI=1S/C16H18F12O2/c17-13(18,19)11(29,14(20,21)22)9-3-1-7(5-9)8-2-4-10(6-8)12(30,15(23,24)25)16(26,27)28/h7-10,29-30H,1-6H2. The molecule has 0 amide bonds. The number of hydrogen-bond acceptors (Lipinski definition) is 2. The van der Waals surface area contributed by atoms with Crippen molar-refractivity contribution in [1.82, 2.24) is 0 Å². The van der Waals surface area contributed by atoms with Crippen LogP contribution in [0.25, 0.3) is 0 Å². The van der Waals surface area contributed by atoms with Gasteiger partial charge >= 0.3 is 24.7 Å². The Morgan fingerprint density at radius 3 is 0.867 bits per heavy atom. The predicted octanol–water partition coefficient (Wildman–Crippen LogP) is 5.53. The summed E-state index contributed by atoms with van der Waals surface area (Å²) in [5.41, 5.74) is -10.0. The Bertz CT molecular complexity index is 536. The Balaban J connectivity index is 2.20. The van der Waals surface area contributed by atoms with E-state index < -0.39 is 85.3 Å². The van der Waals surface area contributed by atoms with Gasteiger partial charge in [-0.2, -0.15) is 52.7 Å². The SMILES string of the molecule is OC(C1CCC(C2CCC(C(O)(C(F)(F)F)C(F)(F)F)C2)C1)(C(F)(F)F)C(F)(F)F. The van der Waals surface area contributed by atoms with Crippen molar-refractivity contribution in [2.75, 3.05) is 0 Å². The maximum Gasteiger partial charge on any atom is 0.426 e. The van der Waals surface area contributed by atoms with Crippen molar-refractivity contribution in [2.24, 2.45) is 23.7 Å². The molecule has 0 saturated heterocycles. The van der Waals surface area contributed by atoms with Gasteiger partial charge in [-0.15, -0.1) is 0 Å². The molecule has 178 valence electrons. The van der Waals surface area contributed by atoms with Crippen LogP contribution in [-0.2, 0) is 0 Å². The van der Waals surface area contributed by atoms with Gasteiger partial charge in [0.05, 0.1) is 0 Å². The van der Waals surface area contributed by atoms with Gasteiger partial charge in [0.2, 0.25) is 0 Å². The van der Waals surface area contributed by atoms with Crippen LogP contribution < -0.4 is 0 Å². The van der Waals surface area contributed by atoms with E-state index in [1.165, 1.54) is 0 Å². The molecule has 30 heavy (non-hydrogen) atoms. The van der Waals surface area contributed by atoms with Crippen LogP contribution in [0.1, 0.15) is 38.5 Å². The lowest BCUT2D eigenvalue weighted by atomic mass is 9.80. The summed E-state index contributed by atoms with van der Waals surface area (Å²) in [5, 5.41) is 18.9. The van der Waals surface area contributed by atoms with Crippen LogP contribution in [0.3, 0.4) is 0 Å². The van der Waals surface area contributed by atoms with Crippen LogP contribution in [0.4, 0.5) is 52.7 Å². The van der Waals surface area contributed by atoms with Crippen molar-refractivity contribution in [3.63, 3.8) is 0 Å². The molecule has 4 unspecified atom stereocenters. The minimum absolute atomic E-state index is 0.326. The maximum atomic E-state index is 13.0. The van der Waals surface area contributed by atoms with E-state index in [4.69, 9.17) is 0 Å². The molecule has 0 aliphatic heterocycles. The van der Waals surface area contributed by atoms with Gasteiger partial charge in [0.15, 0.2) is 0 Å². The highest BCUT2D eigenvalue weighted by Gasteiger charge is 2.75. The lowest BCUT2D eigenvalue weighted by molar-refractivity contribution is -0.385. The molecule has 2 saturated carbocycles. The molecule has 4 atom stereocenters. The third-order valence-electron chi connectivity index (χ3n) is 6.52. The fourth-order valence-corrected chi connectivity index (χ4v) is 4.90. The summed E-state index contributed by atoms with van der Waals surface area (Å²) in [4.78, 5) is 0. The van der Waals surface area contributed by atoms with Crippen LogP contribution in [0.15, 0.2) is 0 Å². The van der Waals surface area contributed by atoms with Gasteiger partial charge in [-0.05, 0) is 50.4 Å². The predicted molar refractivity (Wildman–Crippen MR) is 75.8 cm³/mol. The average molecular weight is 470 g/mol. The molecule has 2 aliphatic rings. The Labute approximate surface area is 162 Å². The summed E-state index contributed by atoms with van der Waals surface area (Å²) in [6.07, 6.45) is -28.1. The highest BCUT2D eigenvalue weighted by molar-refractivity contribution is 5.06. The normalized spacial score (nSPS) is 30.2. The first-order valence-electron chi connectivity index (χ1n) is 8.89. The third-order valence-corrected chi connectivity index (χ3v) is 6.52. The van der Waals surface area contributed by atoms with E-state index in [1.54, 1.807) is 0 Å². The lowest BCUT2D eigenvalue weighted by Gasteiger charge is -2.38. The Morgan fingerprint density at radius 1 is 0.433 bits per heavy atom. The zero-order valence-electron chi connectivity index (χ0n) is 15.0. The van der Waals surface area contributed by atoms with Crippen molar-refractivity contribution in [3.8, 4) is 0 Å². The van der Waals surface area contributed by atoms with Crippen molar-refractivity contribution in [3.05, 3.63) is 0 Å². The maximum absolute atomic E-state index is 13.0. The van der Waals surface area contributed by atoms with Gasteiger partial charge in [0, 0.05) is 11.8 Å². The van der Waals surface area contributed by atoms with Crippen LogP contribution >= 0.6 is 0 Å². The van der Waals surface area contributed by atoms with E-state index in [9.17, 15) is 62.9 Å². The van der Waals surface area contributed by atoms with Crippen molar-refractivity contribution in [2.45, 2.75) is 74.4 Å². The smallest absolute Gasteiger partial charge is 0.373 e. The molecule has 14 heteroatoms. The molecule has 2 rings (SSSR count). The summed E-state index contributed by atoms with van der Waals surface area (Å²) in [7, 11) is 0. The van der Waals surface area contributed by atoms with Gasteiger partial charge in [-0.1, -0.05) is 0 Å². The number of halogens is 12. The van der Waals surface area contributed by atoms with Crippen LogP contribution in [0.2, 0.25) is 0 Å². The van der Waals surface area contributed by atoms with E-state index in [0.29, 0.717) is 0 Å². The van der Waals surface area contributed by atoms with Crippen LogP contribution in [0.5, 0.6) is 0 Å². The highest BCUT2D eigenvalue weighted by Crippen LogP contribution is 2.58. The third kappa shape index (κ3) is 3.86. The highest BCUT2D eigenvalue weighted by atomic mass is 19.4. The summed E-state index contributed by atoms with van der Waals surface area (Å²) in [6.45, 7) is 0. The fraction of sp³-hybridized carbons (Fsp3) is 1.00. The largest absolute Gasteiger partial charge is 0.426 e. The van der Waals surface area contributed by atoms with Gasteiger partial charge in [-0.25, -0.2) is 0 Å². The second-order valence-corrected chi connectivity index (χ2v) is 8.06. The molecule has 2 N–H and O–H groups in total. The van der Waals surface area contributed by atoms with Crippen molar-refractivity contribution >= 4 is 0 Å². The Hall–Kier alpha value is -0.920. The summed E-state index contributed by atoms with van der Waals surface area (Å²) < 4.78 is 156. The average Bonchev–Trinajstić information content (AvgIpc) is 3.18. The molecule has 0 aromatic carbocycles. The Morgan fingerprint density at radius 2 is 0.667 bits per heavy atom. The molecule has 2 fully saturated rings. The molecule has 0 radical (unpaired) electrons. The van der Waals surface area contributed by atoms with Gasteiger partial charge in [-0.3, -0.25) is 0 Å². The molecule has 2 aliphatic carbocycles. The molecule has 0 heterocycles. The summed E-state index contributed by atoms with van der Waals surface area (Å²) in [6, 6.07) is 0. The first-order chi connectivity index (χ1) is 13.2. The van der Waals surface area contributed by atoms with Gasteiger partial charge in [0.25, 0.3) is 11.2 Å². The number of rotatable bonds is 3. The molecular formula is C16H18F12O2. The zero-order valence-corrected chi connectivity index (χ0v) is 15.0. The fourth-order valence-electron chi connectivity index (χ4n) is 4.90.